The van der Waals surface area contributed by atoms with E-state index < -0.39 is 21.4 Å². The van der Waals surface area contributed by atoms with Crippen LogP contribution in [0, 0.1) is 0 Å². The van der Waals surface area contributed by atoms with Crippen molar-refractivity contribution in [3.05, 3.63) is 53.7 Å². The topological polar surface area (TPSA) is 101 Å². The number of carbonyl (C=O) groups is 1. The van der Waals surface area contributed by atoms with Gasteiger partial charge in [0.05, 0.1) is 6.20 Å². The predicted octanol–water partition coefficient (Wildman–Crippen LogP) is 1.72. The number of thiazole rings is 1. The summed E-state index contributed by atoms with van der Waals surface area (Å²) in [5.41, 5.74) is -0.860. The Bertz CT molecular complexity index is 979. The lowest BCUT2D eigenvalue weighted by molar-refractivity contribution is -0.142. The third kappa shape index (κ3) is 2.81. The number of aromatic nitrogens is 2. The lowest BCUT2D eigenvalue weighted by Gasteiger charge is -2.25. The van der Waals surface area contributed by atoms with Crippen molar-refractivity contribution in [3.63, 3.8) is 0 Å². The van der Waals surface area contributed by atoms with E-state index in [1.54, 1.807) is 41.9 Å². The lowest BCUT2D eigenvalue weighted by atomic mass is 9.83. The number of fused-ring (bicyclic) bond motifs is 1. The third-order valence-corrected chi connectivity index (χ3v) is 6.03. The standard InChI is InChI=1S/C15H15N3O4S2/c1-15(13(19)20,11-5-3-2-4-6-11)10-17-24(21,22)12-9-16-14-18(12)7-8-23-14/h2-9,17H,10H2,1H3,(H,19,20). The highest BCUT2D eigenvalue weighted by atomic mass is 32.2. The van der Waals surface area contributed by atoms with Crippen molar-refractivity contribution in [3.8, 4) is 0 Å². The SMILES string of the molecule is CC(CNS(=O)(=O)c1cnc2sccn12)(C(=O)O)c1ccccc1. The Morgan fingerprint density at radius 2 is 2.08 bits per heavy atom. The summed E-state index contributed by atoms with van der Waals surface area (Å²) in [5.74, 6) is -1.11. The molecule has 2 aromatic heterocycles. The summed E-state index contributed by atoms with van der Waals surface area (Å²) < 4.78 is 28.9. The van der Waals surface area contributed by atoms with E-state index in [9.17, 15) is 18.3 Å². The highest BCUT2D eigenvalue weighted by Crippen LogP contribution is 2.24. The lowest BCUT2D eigenvalue weighted by Crippen LogP contribution is -2.44. The molecule has 0 aliphatic heterocycles. The largest absolute Gasteiger partial charge is 0.481 e. The Morgan fingerprint density at radius 1 is 1.38 bits per heavy atom. The Morgan fingerprint density at radius 3 is 2.75 bits per heavy atom. The molecule has 2 N–H and O–H groups in total. The van der Waals surface area contributed by atoms with Gasteiger partial charge in [0.1, 0.15) is 5.41 Å². The Labute approximate surface area is 142 Å². The second-order valence-corrected chi connectivity index (χ2v) is 8.07. The van der Waals surface area contributed by atoms with Gasteiger partial charge in [0, 0.05) is 18.1 Å². The van der Waals surface area contributed by atoms with Crippen LogP contribution in [0.2, 0.25) is 0 Å². The number of hydrogen-bond acceptors (Lipinski definition) is 5. The van der Waals surface area contributed by atoms with Crippen molar-refractivity contribution >= 4 is 32.3 Å². The summed E-state index contributed by atoms with van der Waals surface area (Å²) in [7, 11) is -3.89. The fraction of sp³-hybridized carbons (Fsp3) is 0.200. The number of aliphatic carboxylic acids is 1. The van der Waals surface area contributed by atoms with E-state index in [0.717, 1.165) is 0 Å². The van der Waals surface area contributed by atoms with E-state index >= 15 is 0 Å². The second-order valence-electron chi connectivity index (χ2n) is 5.48. The van der Waals surface area contributed by atoms with Crippen molar-refractivity contribution in [1.82, 2.24) is 14.1 Å². The minimum absolute atomic E-state index is 0.0143. The van der Waals surface area contributed by atoms with Crippen LogP contribution in [0.25, 0.3) is 4.96 Å². The highest BCUT2D eigenvalue weighted by molar-refractivity contribution is 7.89. The van der Waals surface area contributed by atoms with Gasteiger partial charge in [-0.05, 0) is 12.5 Å². The molecule has 126 valence electrons. The quantitative estimate of drug-likeness (QED) is 0.693. The zero-order valence-corrected chi connectivity index (χ0v) is 14.3. The van der Waals surface area contributed by atoms with E-state index in [0.29, 0.717) is 10.5 Å². The van der Waals surface area contributed by atoms with Crippen LogP contribution in [0.4, 0.5) is 0 Å². The summed E-state index contributed by atoms with van der Waals surface area (Å²) in [5, 5.41) is 11.3. The van der Waals surface area contributed by atoms with Gasteiger partial charge in [-0.15, -0.1) is 11.3 Å². The van der Waals surface area contributed by atoms with Crippen molar-refractivity contribution < 1.29 is 18.3 Å². The Hall–Kier alpha value is -2.23. The number of carboxylic acid groups (broad SMARTS) is 1. The number of nitrogens with one attached hydrogen (secondary N) is 1. The van der Waals surface area contributed by atoms with E-state index in [4.69, 9.17) is 0 Å². The molecule has 3 rings (SSSR count). The molecule has 0 amide bonds. The molecule has 0 fully saturated rings. The van der Waals surface area contributed by atoms with Gasteiger partial charge < -0.3 is 5.11 Å². The van der Waals surface area contributed by atoms with Gasteiger partial charge in [-0.3, -0.25) is 9.20 Å². The van der Waals surface area contributed by atoms with E-state index in [-0.39, 0.29) is 11.6 Å². The number of rotatable bonds is 6. The molecule has 0 aliphatic rings. The van der Waals surface area contributed by atoms with Crippen molar-refractivity contribution in [1.29, 1.82) is 0 Å². The molecular formula is C15H15N3O4S2. The van der Waals surface area contributed by atoms with Gasteiger partial charge in [-0.2, -0.15) is 0 Å². The van der Waals surface area contributed by atoms with Crippen LogP contribution in [-0.4, -0.2) is 35.4 Å². The fourth-order valence-corrected chi connectivity index (χ4v) is 4.30. The smallest absolute Gasteiger partial charge is 0.315 e. The van der Waals surface area contributed by atoms with E-state index in [2.05, 4.69) is 9.71 Å². The highest BCUT2D eigenvalue weighted by Gasteiger charge is 2.37. The molecule has 1 atom stereocenters. The van der Waals surface area contributed by atoms with Crippen LogP contribution in [0.5, 0.6) is 0 Å². The maximum absolute atomic E-state index is 12.5. The fourth-order valence-electron chi connectivity index (χ4n) is 2.32. The van der Waals surface area contributed by atoms with Crippen LogP contribution in [0.1, 0.15) is 12.5 Å². The minimum Gasteiger partial charge on any atom is -0.481 e. The van der Waals surface area contributed by atoms with Gasteiger partial charge in [0.2, 0.25) is 0 Å². The van der Waals surface area contributed by atoms with Crippen molar-refractivity contribution in [2.75, 3.05) is 6.54 Å². The van der Waals surface area contributed by atoms with Crippen LogP contribution in [-0.2, 0) is 20.2 Å². The molecule has 1 unspecified atom stereocenters. The summed E-state index contributed by atoms with van der Waals surface area (Å²) in [4.78, 5) is 16.3. The summed E-state index contributed by atoms with van der Waals surface area (Å²) in [6, 6.07) is 8.54. The van der Waals surface area contributed by atoms with Crippen LogP contribution in [0.15, 0.2) is 53.1 Å². The first-order chi connectivity index (χ1) is 11.3. The van der Waals surface area contributed by atoms with Gasteiger partial charge in [-0.1, -0.05) is 30.3 Å². The zero-order valence-electron chi connectivity index (χ0n) is 12.7. The van der Waals surface area contributed by atoms with E-state index in [1.165, 1.54) is 28.9 Å². The van der Waals surface area contributed by atoms with Gasteiger partial charge in [-0.25, -0.2) is 18.1 Å². The van der Waals surface area contributed by atoms with E-state index in [1.807, 2.05) is 0 Å². The molecule has 0 spiro atoms. The molecule has 0 saturated carbocycles. The van der Waals surface area contributed by atoms with Crippen LogP contribution >= 0.6 is 11.3 Å². The van der Waals surface area contributed by atoms with Gasteiger partial charge >= 0.3 is 5.97 Å². The normalized spacial score (nSPS) is 14.5. The third-order valence-electron chi connectivity index (χ3n) is 3.89. The minimum atomic E-state index is -3.89. The first-order valence-electron chi connectivity index (χ1n) is 7.04. The number of imidazole rings is 1. The monoisotopic (exact) mass is 365 g/mol. The Balaban J connectivity index is 1.90. The predicted molar refractivity (Wildman–Crippen MR) is 89.7 cm³/mol. The molecule has 9 heteroatoms. The number of nitrogens with zero attached hydrogens (tertiary/aromatic N) is 2. The summed E-state index contributed by atoms with van der Waals surface area (Å²) >= 11 is 1.32. The molecule has 0 radical (unpaired) electrons. The summed E-state index contributed by atoms with van der Waals surface area (Å²) in [6.45, 7) is 1.22. The molecular weight excluding hydrogens is 350 g/mol. The average Bonchev–Trinajstić information content (AvgIpc) is 3.16. The van der Waals surface area contributed by atoms with Gasteiger partial charge in [0.25, 0.3) is 10.0 Å². The molecule has 3 aromatic rings. The molecule has 24 heavy (non-hydrogen) atoms. The first-order valence-corrected chi connectivity index (χ1v) is 9.40. The maximum atomic E-state index is 12.5. The molecule has 7 nitrogen and oxygen atoms in total. The van der Waals surface area contributed by atoms with Crippen LogP contribution in [0.3, 0.4) is 0 Å². The van der Waals surface area contributed by atoms with Crippen LogP contribution < -0.4 is 4.72 Å². The summed E-state index contributed by atoms with van der Waals surface area (Å²) in [6.07, 6.45) is 2.87. The zero-order chi connectivity index (χ0) is 17.4. The number of benzene rings is 1. The first kappa shape index (κ1) is 16.6. The van der Waals surface area contributed by atoms with Gasteiger partial charge in [0.15, 0.2) is 9.99 Å². The van der Waals surface area contributed by atoms with Crippen molar-refractivity contribution in [2.24, 2.45) is 0 Å². The second kappa shape index (κ2) is 6.00. The molecule has 2 heterocycles. The van der Waals surface area contributed by atoms with Crippen molar-refractivity contribution in [2.45, 2.75) is 17.4 Å². The number of hydrogen-bond donors (Lipinski definition) is 2. The molecule has 0 aliphatic carbocycles. The molecule has 1 aromatic carbocycles. The number of sulfonamides is 1. The maximum Gasteiger partial charge on any atom is 0.315 e. The molecule has 0 bridgehead atoms. The average molecular weight is 365 g/mol. The number of carboxylic acids is 1. The Kier molecular flexibility index (Phi) is 4.16. The molecule has 0 saturated heterocycles.